The normalized spacial score (nSPS) is 11.0. The van der Waals surface area contributed by atoms with E-state index in [1.807, 2.05) is 13.0 Å². The third-order valence-corrected chi connectivity index (χ3v) is 5.10. The van der Waals surface area contributed by atoms with Crippen LogP contribution < -0.4 is 4.90 Å². The van der Waals surface area contributed by atoms with Crippen LogP contribution in [-0.2, 0) is 0 Å². The van der Waals surface area contributed by atoms with E-state index in [1.54, 1.807) is 24.6 Å². The number of halogens is 3. The summed E-state index contributed by atoms with van der Waals surface area (Å²) in [6.07, 6.45) is 0. The number of rotatable bonds is 4. The second-order valence-corrected chi connectivity index (χ2v) is 6.65. The number of hydrogen-bond acceptors (Lipinski definition) is 3. The minimum absolute atomic E-state index is 0.296. The maximum atomic E-state index is 12.5. The molecule has 1 amide bonds. The van der Waals surface area contributed by atoms with E-state index in [-0.39, 0.29) is 5.91 Å². The van der Waals surface area contributed by atoms with Gasteiger partial charge in [-0.05, 0) is 36.1 Å². The number of hydrogen-bond donors (Lipinski definition) is 0. The molecule has 0 radical (unpaired) electrons. The number of nitrogens with zero attached hydrogens (tertiary/aromatic N) is 1. The Balaban J connectivity index is 2.27. The lowest BCUT2D eigenvalue weighted by Gasteiger charge is -2.18. The van der Waals surface area contributed by atoms with Crippen molar-refractivity contribution in [2.45, 2.75) is 17.6 Å². The van der Waals surface area contributed by atoms with Crippen molar-refractivity contribution in [1.82, 2.24) is 0 Å². The third-order valence-electron chi connectivity index (χ3n) is 2.89. The molecule has 0 aliphatic carbocycles. The Hall–Kier alpha value is -1.11. The zero-order valence-corrected chi connectivity index (χ0v) is 13.7. The standard InChI is InChI=1S/C14H12ClF2NOS2/c1-8-3-4-9(7-10(8)15)18(2)13(19)12-11(5-6-20-12)21-14(16)17/h3-7,14H,1-2H3. The molecule has 0 saturated carbocycles. The number of alkyl halides is 2. The van der Waals surface area contributed by atoms with Gasteiger partial charge in [-0.3, -0.25) is 4.79 Å². The summed E-state index contributed by atoms with van der Waals surface area (Å²) in [6.45, 7) is 1.87. The maximum Gasteiger partial charge on any atom is 0.288 e. The van der Waals surface area contributed by atoms with Crippen molar-refractivity contribution in [3.05, 3.63) is 45.1 Å². The fourth-order valence-electron chi connectivity index (χ4n) is 1.70. The molecule has 21 heavy (non-hydrogen) atoms. The number of amides is 1. The summed E-state index contributed by atoms with van der Waals surface area (Å²) in [5, 5.41) is 2.19. The number of thiophene rings is 1. The minimum Gasteiger partial charge on any atom is -0.311 e. The van der Waals surface area contributed by atoms with Crippen LogP contribution in [0.15, 0.2) is 34.5 Å². The Morgan fingerprint density at radius 2 is 2.10 bits per heavy atom. The molecule has 2 rings (SSSR count). The molecule has 1 heterocycles. The molecule has 0 bridgehead atoms. The Bertz CT molecular complexity index is 660. The van der Waals surface area contributed by atoms with Gasteiger partial charge in [0.2, 0.25) is 0 Å². The lowest BCUT2D eigenvalue weighted by atomic mass is 10.2. The van der Waals surface area contributed by atoms with Gasteiger partial charge in [-0.2, -0.15) is 8.78 Å². The van der Waals surface area contributed by atoms with Gasteiger partial charge in [-0.1, -0.05) is 29.4 Å². The molecule has 0 unspecified atom stereocenters. The lowest BCUT2D eigenvalue weighted by Crippen LogP contribution is -2.25. The van der Waals surface area contributed by atoms with Crippen molar-refractivity contribution in [2.75, 3.05) is 11.9 Å². The average Bonchev–Trinajstić information content (AvgIpc) is 2.87. The summed E-state index contributed by atoms with van der Waals surface area (Å²) < 4.78 is 25.0. The van der Waals surface area contributed by atoms with Gasteiger partial charge in [-0.15, -0.1) is 11.3 Å². The fraction of sp³-hybridized carbons (Fsp3) is 0.214. The molecular formula is C14H12ClF2NOS2. The zero-order chi connectivity index (χ0) is 15.6. The molecule has 7 heteroatoms. The topological polar surface area (TPSA) is 20.3 Å². The van der Waals surface area contributed by atoms with Crippen LogP contribution in [0.3, 0.4) is 0 Å². The van der Waals surface area contributed by atoms with Gasteiger partial charge < -0.3 is 4.90 Å². The van der Waals surface area contributed by atoms with Crippen LogP contribution in [-0.4, -0.2) is 18.7 Å². The van der Waals surface area contributed by atoms with Crippen LogP contribution >= 0.6 is 34.7 Å². The molecule has 1 aromatic heterocycles. The van der Waals surface area contributed by atoms with Gasteiger partial charge in [0, 0.05) is 22.7 Å². The average molecular weight is 348 g/mol. The number of aryl methyl sites for hydroxylation is 1. The summed E-state index contributed by atoms with van der Waals surface area (Å²) in [5.41, 5.74) is 1.53. The van der Waals surface area contributed by atoms with Crippen LogP contribution in [0.4, 0.5) is 14.5 Å². The highest BCUT2D eigenvalue weighted by Gasteiger charge is 2.21. The third kappa shape index (κ3) is 3.75. The van der Waals surface area contributed by atoms with E-state index in [1.165, 1.54) is 11.0 Å². The van der Waals surface area contributed by atoms with E-state index in [2.05, 4.69) is 0 Å². The number of thioether (sulfide) groups is 1. The van der Waals surface area contributed by atoms with Crippen molar-refractivity contribution in [2.24, 2.45) is 0 Å². The SMILES string of the molecule is Cc1ccc(N(C)C(=O)c2sccc2SC(F)F)cc1Cl. The maximum absolute atomic E-state index is 12.5. The Kier molecular flexibility index (Phi) is 5.24. The Morgan fingerprint density at radius 3 is 2.71 bits per heavy atom. The predicted molar refractivity (Wildman–Crippen MR) is 85.1 cm³/mol. The van der Waals surface area contributed by atoms with E-state index in [4.69, 9.17) is 11.6 Å². The molecule has 0 atom stereocenters. The van der Waals surface area contributed by atoms with Crippen LogP contribution in [0.1, 0.15) is 15.2 Å². The van der Waals surface area contributed by atoms with Gasteiger partial charge in [-0.25, -0.2) is 0 Å². The quantitative estimate of drug-likeness (QED) is 0.699. The first-order valence-electron chi connectivity index (χ1n) is 5.96. The first kappa shape index (κ1) is 16.3. The first-order chi connectivity index (χ1) is 9.90. The number of benzene rings is 1. The molecular weight excluding hydrogens is 336 g/mol. The van der Waals surface area contributed by atoms with E-state index < -0.39 is 5.76 Å². The van der Waals surface area contributed by atoms with Crippen molar-refractivity contribution in [3.63, 3.8) is 0 Å². The second kappa shape index (κ2) is 6.77. The van der Waals surface area contributed by atoms with Gasteiger partial charge in [0.15, 0.2) is 0 Å². The molecule has 0 aliphatic heterocycles. The molecule has 112 valence electrons. The fourth-order valence-corrected chi connectivity index (χ4v) is 3.55. The van der Waals surface area contributed by atoms with Crippen LogP contribution in [0.2, 0.25) is 5.02 Å². The Morgan fingerprint density at radius 1 is 1.38 bits per heavy atom. The zero-order valence-electron chi connectivity index (χ0n) is 11.3. The van der Waals surface area contributed by atoms with Crippen molar-refractivity contribution in [1.29, 1.82) is 0 Å². The van der Waals surface area contributed by atoms with Crippen molar-refractivity contribution < 1.29 is 13.6 Å². The minimum atomic E-state index is -2.55. The van der Waals surface area contributed by atoms with E-state index in [0.717, 1.165) is 16.9 Å². The first-order valence-corrected chi connectivity index (χ1v) is 8.10. The highest BCUT2D eigenvalue weighted by molar-refractivity contribution is 7.99. The largest absolute Gasteiger partial charge is 0.311 e. The van der Waals surface area contributed by atoms with Crippen molar-refractivity contribution >= 4 is 46.3 Å². The highest BCUT2D eigenvalue weighted by Crippen LogP contribution is 2.33. The molecule has 0 N–H and O–H groups in total. The summed E-state index contributed by atoms with van der Waals surface area (Å²) in [6, 6.07) is 6.80. The smallest absolute Gasteiger partial charge is 0.288 e. The monoisotopic (exact) mass is 347 g/mol. The molecule has 2 aromatic rings. The Labute approximate surface area is 134 Å². The number of carbonyl (C=O) groups is 1. The van der Waals surface area contributed by atoms with Gasteiger partial charge in [0.25, 0.3) is 11.7 Å². The highest BCUT2D eigenvalue weighted by atomic mass is 35.5. The predicted octanol–water partition coefficient (Wildman–Crippen LogP) is 5.30. The van der Waals surface area contributed by atoms with E-state index in [0.29, 0.717) is 32.2 Å². The van der Waals surface area contributed by atoms with Crippen LogP contribution in [0.5, 0.6) is 0 Å². The molecule has 1 aromatic carbocycles. The molecule has 0 saturated heterocycles. The summed E-state index contributed by atoms with van der Waals surface area (Å²) in [5.74, 6) is -2.88. The molecule has 0 aliphatic rings. The van der Waals surface area contributed by atoms with Crippen LogP contribution in [0, 0.1) is 6.92 Å². The summed E-state index contributed by atoms with van der Waals surface area (Å²) in [4.78, 5) is 14.5. The summed E-state index contributed by atoms with van der Waals surface area (Å²) >= 11 is 7.58. The number of carbonyl (C=O) groups excluding carboxylic acids is 1. The molecule has 0 spiro atoms. The van der Waals surface area contributed by atoms with Gasteiger partial charge in [0.05, 0.1) is 0 Å². The van der Waals surface area contributed by atoms with Gasteiger partial charge in [0.1, 0.15) is 4.88 Å². The van der Waals surface area contributed by atoms with Crippen LogP contribution in [0.25, 0.3) is 0 Å². The number of anilines is 1. The summed E-state index contributed by atoms with van der Waals surface area (Å²) in [7, 11) is 1.60. The lowest BCUT2D eigenvalue weighted by molar-refractivity contribution is 0.0994. The second-order valence-electron chi connectivity index (χ2n) is 4.29. The van der Waals surface area contributed by atoms with E-state index in [9.17, 15) is 13.6 Å². The van der Waals surface area contributed by atoms with Gasteiger partial charge >= 0.3 is 0 Å². The molecule has 2 nitrogen and oxygen atoms in total. The van der Waals surface area contributed by atoms with E-state index >= 15 is 0 Å². The van der Waals surface area contributed by atoms with Crippen molar-refractivity contribution in [3.8, 4) is 0 Å². The molecule has 0 fully saturated rings.